The predicted octanol–water partition coefficient (Wildman–Crippen LogP) is -0.0893. The Morgan fingerprint density at radius 3 is 2.50 bits per heavy atom. The molecule has 0 aromatic rings. The maximum atomic E-state index is 11.9. The van der Waals surface area contributed by atoms with Crippen LogP contribution in [-0.4, -0.2) is 47.0 Å². The van der Waals surface area contributed by atoms with E-state index in [1.165, 1.54) is 12.8 Å². The second-order valence-electron chi connectivity index (χ2n) is 5.71. The topological polar surface area (TPSA) is 81.6 Å². The molecule has 1 aliphatic heterocycles. The number of carbonyl (C=O) groups excluding carboxylic acids is 1. The zero-order valence-electron chi connectivity index (χ0n) is 10.8. The number of amides is 1. The van der Waals surface area contributed by atoms with Crippen molar-refractivity contribution in [2.75, 3.05) is 13.1 Å². The Balaban J connectivity index is 1.77. The van der Waals surface area contributed by atoms with Gasteiger partial charge < -0.3 is 20.8 Å². The van der Waals surface area contributed by atoms with Gasteiger partial charge >= 0.3 is 0 Å². The van der Waals surface area contributed by atoms with E-state index in [0.29, 0.717) is 19.5 Å². The molecule has 0 spiro atoms. The van der Waals surface area contributed by atoms with E-state index in [1.54, 1.807) is 0 Å². The Hall–Kier alpha value is -0.650. The molecule has 0 radical (unpaired) electrons. The lowest BCUT2D eigenvalue weighted by atomic mass is 9.94. The van der Waals surface area contributed by atoms with Crippen molar-refractivity contribution in [3.63, 3.8) is 0 Å². The van der Waals surface area contributed by atoms with Crippen LogP contribution in [0.4, 0.5) is 0 Å². The van der Waals surface area contributed by atoms with Crippen molar-refractivity contribution in [2.24, 2.45) is 0 Å². The van der Waals surface area contributed by atoms with Crippen molar-refractivity contribution in [1.82, 2.24) is 10.6 Å². The molecular formula is C13H24N2O3. The van der Waals surface area contributed by atoms with Crippen molar-refractivity contribution in [2.45, 2.75) is 62.7 Å². The lowest BCUT2D eigenvalue weighted by molar-refractivity contribution is -0.124. The average Bonchev–Trinajstić information content (AvgIpc) is 2.66. The SMILES string of the molecule is O=C(NCC1(O)CCCCCC1)C1CC(O)CN1. The highest BCUT2D eigenvalue weighted by Gasteiger charge is 2.32. The van der Waals surface area contributed by atoms with Crippen LogP contribution in [0.5, 0.6) is 0 Å². The maximum Gasteiger partial charge on any atom is 0.237 e. The summed E-state index contributed by atoms with van der Waals surface area (Å²) in [4.78, 5) is 11.9. The van der Waals surface area contributed by atoms with Gasteiger partial charge in [-0.1, -0.05) is 25.7 Å². The lowest BCUT2D eigenvalue weighted by Gasteiger charge is -2.27. The highest BCUT2D eigenvalue weighted by atomic mass is 16.3. The van der Waals surface area contributed by atoms with Gasteiger partial charge in [0.1, 0.15) is 0 Å². The second kappa shape index (κ2) is 5.99. The fourth-order valence-corrected chi connectivity index (χ4v) is 2.86. The number of hydrogen-bond donors (Lipinski definition) is 4. The summed E-state index contributed by atoms with van der Waals surface area (Å²) in [6, 6.07) is -0.311. The first-order valence-electron chi connectivity index (χ1n) is 7.01. The van der Waals surface area contributed by atoms with Gasteiger partial charge in [-0.15, -0.1) is 0 Å². The summed E-state index contributed by atoms with van der Waals surface area (Å²) in [5, 5.41) is 25.6. The van der Waals surface area contributed by atoms with Gasteiger partial charge in [-0.2, -0.15) is 0 Å². The first-order valence-corrected chi connectivity index (χ1v) is 7.01. The first kappa shape index (κ1) is 13.8. The molecule has 2 unspecified atom stereocenters. The van der Waals surface area contributed by atoms with E-state index >= 15 is 0 Å². The van der Waals surface area contributed by atoms with Crippen LogP contribution in [0.2, 0.25) is 0 Å². The largest absolute Gasteiger partial charge is 0.392 e. The normalized spacial score (nSPS) is 31.9. The van der Waals surface area contributed by atoms with Crippen LogP contribution in [0, 0.1) is 0 Å². The van der Waals surface area contributed by atoms with Crippen LogP contribution in [0.3, 0.4) is 0 Å². The number of carbonyl (C=O) groups is 1. The summed E-state index contributed by atoms with van der Waals surface area (Å²) in [5.41, 5.74) is -0.733. The van der Waals surface area contributed by atoms with Crippen LogP contribution < -0.4 is 10.6 Å². The van der Waals surface area contributed by atoms with Crippen molar-refractivity contribution < 1.29 is 15.0 Å². The number of β-amino-alcohol motifs (C(OH)–C–C–N with tert-alkyl or cyclic N) is 1. The molecule has 1 saturated carbocycles. The minimum Gasteiger partial charge on any atom is -0.392 e. The maximum absolute atomic E-state index is 11.9. The summed E-state index contributed by atoms with van der Waals surface area (Å²) >= 11 is 0. The van der Waals surface area contributed by atoms with Crippen LogP contribution in [0.1, 0.15) is 44.9 Å². The zero-order valence-corrected chi connectivity index (χ0v) is 10.8. The summed E-state index contributed by atoms with van der Waals surface area (Å²) in [6.45, 7) is 0.808. The monoisotopic (exact) mass is 256 g/mol. The Bertz CT molecular complexity index is 288. The third-order valence-corrected chi connectivity index (χ3v) is 4.05. The summed E-state index contributed by atoms with van der Waals surface area (Å²) in [7, 11) is 0. The molecule has 1 aliphatic carbocycles. The van der Waals surface area contributed by atoms with Gasteiger partial charge in [-0.25, -0.2) is 0 Å². The summed E-state index contributed by atoms with van der Waals surface area (Å²) in [5.74, 6) is -0.107. The first-order chi connectivity index (χ1) is 8.59. The molecule has 0 bridgehead atoms. The molecule has 5 heteroatoms. The molecule has 2 fully saturated rings. The molecule has 2 rings (SSSR count). The van der Waals surface area contributed by atoms with Gasteiger partial charge in [0.15, 0.2) is 0 Å². The molecule has 2 aliphatic rings. The van der Waals surface area contributed by atoms with Crippen LogP contribution >= 0.6 is 0 Å². The number of aliphatic hydroxyl groups excluding tert-OH is 1. The number of hydrogen-bond acceptors (Lipinski definition) is 4. The number of aliphatic hydroxyl groups is 2. The van der Waals surface area contributed by atoms with E-state index < -0.39 is 11.7 Å². The Kier molecular flexibility index (Phi) is 4.59. The average molecular weight is 256 g/mol. The molecule has 104 valence electrons. The van der Waals surface area contributed by atoms with E-state index in [9.17, 15) is 15.0 Å². The highest BCUT2D eigenvalue weighted by Crippen LogP contribution is 2.26. The zero-order chi connectivity index (χ0) is 13.0. The third kappa shape index (κ3) is 3.67. The Morgan fingerprint density at radius 1 is 1.28 bits per heavy atom. The number of nitrogens with one attached hydrogen (secondary N) is 2. The quantitative estimate of drug-likeness (QED) is 0.532. The van der Waals surface area contributed by atoms with E-state index in [4.69, 9.17) is 0 Å². The molecular weight excluding hydrogens is 232 g/mol. The third-order valence-electron chi connectivity index (χ3n) is 4.05. The molecule has 5 nitrogen and oxygen atoms in total. The minimum absolute atomic E-state index is 0.107. The standard InChI is InChI=1S/C13H24N2O3/c16-10-7-11(14-8-10)12(17)15-9-13(18)5-3-1-2-4-6-13/h10-11,14,16,18H,1-9H2,(H,15,17). The molecule has 0 aromatic heterocycles. The Labute approximate surface area is 108 Å². The molecule has 1 saturated heterocycles. The van der Waals surface area contributed by atoms with Gasteiger partial charge in [-0.05, 0) is 19.3 Å². The van der Waals surface area contributed by atoms with E-state index in [0.717, 1.165) is 25.7 Å². The lowest BCUT2D eigenvalue weighted by Crippen LogP contribution is -2.48. The van der Waals surface area contributed by atoms with E-state index in [1.807, 2.05) is 0 Å². The molecule has 1 amide bonds. The molecule has 2 atom stereocenters. The van der Waals surface area contributed by atoms with Gasteiger partial charge in [-0.3, -0.25) is 4.79 Å². The van der Waals surface area contributed by atoms with Crippen molar-refractivity contribution >= 4 is 5.91 Å². The van der Waals surface area contributed by atoms with Crippen molar-refractivity contribution in [1.29, 1.82) is 0 Å². The molecule has 18 heavy (non-hydrogen) atoms. The molecule has 4 N–H and O–H groups in total. The van der Waals surface area contributed by atoms with E-state index in [-0.39, 0.29) is 11.9 Å². The van der Waals surface area contributed by atoms with Crippen LogP contribution in [-0.2, 0) is 4.79 Å². The van der Waals surface area contributed by atoms with Crippen LogP contribution in [0.25, 0.3) is 0 Å². The minimum atomic E-state index is -0.733. The molecule has 0 aromatic carbocycles. The van der Waals surface area contributed by atoms with E-state index in [2.05, 4.69) is 10.6 Å². The van der Waals surface area contributed by atoms with Gasteiger partial charge in [0.25, 0.3) is 0 Å². The fourth-order valence-electron chi connectivity index (χ4n) is 2.86. The molecule has 1 heterocycles. The fraction of sp³-hybridized carbons (Fsp3) is 0.923. The highest BCUT2D eigenvalue weighted by molar-refractivity contribution is 5.82. The van der Waals surface area contributed by atoms with Gasteiger partial charge in [0, 0.05) is 13.1 Å². The van der Waals surface area contributed by atoms with Crippen molar-refractivity contribution in [3.05, 3.63) is 0 Å². The smallest absolute Gasteiger partial charge is 0.237 e. The van der Waals surface area contributed by atoms with Gasteiger partial charge in [0.2, 0.25) is 5.91 Å². The second-order valence-corrected chi connectivity index (χ2v) is 5.71. The predicted molar refractivity (Wildman–Crippen MR) is 68.1 cm³/mol. The summed E-state index contributed by atoms with van der Waals surface area (Å²) in [6.07, 6.45) is 5.99. The van der Waals surface area contributed by atoms with Crippen molar-refractivity contribution in [3.8, 4) is 0 Å². The van der Waals surface area contributed by atoms with Gasteiger partial charge in [0.05, 0.1) is 17.7 Å². The Morgan fingerprint density at radius 2 is 1.94 bits per heavy atom. The number of rotatable bonds is 3. The summed E-state index contributed by atoms with van der Waals surface area (Å²) < 4.78 is 0. The van der Waals surface area contributed by atoms with Crippen LogP contribution in [0.15, 0.2) is 0 Å².